The van der Waals surface area contributed by atoms with E-state index in [2.05, 4.69) is 118 Å². The van der Waals surface area contributed by atoms with Crippen LogP contribution in [0, 0.1) is 0 Å². The van der Waals surface area contributed by atoms with Gasteiger partial charge in [-0.2, -0.15) is 0 Å². The van der Waals surface area contributed by atoms with Crippen molar-refractivity contribution in [2.75, 3.05) is 13.2 Å². The Labute approximate surface area is 515 Å². The normalized spacial score (nSPS) is 12.7. The number of allylic oxidation sites excluding steroid dienone is 16. The molecule has 0 aliphatic rings. The summed E-state index contributed by atoms with van der Waals surface area (Å²) < 4.78 is 17.0. The Kier molecular flexibility index (Phi) is 67.7. The zero-order chi connectivity index (χ0) is 59.9. The lowest BCUT2D eigenvalue weighted by molar-refractivity contribution is -0.167. The zero-order valence-electron chi connectivity index (χ0n) is 54.9. The van der Waals surface area contributed by atoms with Gasteiger partial charge in [0.25, 0.3) is 0 Å². The number of esters is 3. The van der Waals surface area contributed by atoms with Gasteiger partial charge in [0.15, 0.2) is 6.10 Å². The van der Waals surface area contributed by atoms with E-state index >= 15 is 0 Å². The third kappa shape index (κ3) is 69.0. The molecule has 0 N–H and O–H groups in total. The maximum atomic E-state index is 13.0. The minimum Gasteiger partial charge on any atom is -0.462 e. The summed E-state index contributed by atoms with van der Waals surface area (Å²) in [6.45, 7) is 6.55. The first kappa shape index (κ1) is 79.3. The van der Waals surface area contributed by atoms with Crippen LogP contribution in [0.15, 0.2) is 97.2 Å². The van der Waals surface area contributed by atoms with Crippen molar-refractivity contribution in [3.63, 3.8) is 0 Å². The van der Waals surface area contributed by atoms with Crippen LogP contribution in [0.1, 0.15) is 355 Å². The second kappa shape index (κ2) is 70.8. The fourth-order valence-electron chi connectivity index (χ4n) is 10.2. The summed E-state index contributed by atoms with van der Waals surface area (Å²) in [6, 6.07) is 0. The highest BCUT2D eigenvalue weighted by atomic mass is 16.6. The number of unbranched alkanes of at least 4 members (excludes halogenated alkanes) is 38. The molecule has 0 fully saturated rings. The van der Waals surface area contributed by atoms with Crippen LogP contribution >= 0.6 is 0 Å². The van der Waals surface area contributed by atoms with Crippen molar-refractivity contribution in [1.29, 1.82) is 0 Å². The Bertz CT molecular complexity index is 1610. The summed E-state index contributed by atoms with van der Waals surface area (Å²) in [4.78, 5) is 38.5. The molecule has 6 heteroatoms. The highest BCUT2D eigenvalue weighted by Gasteiger charge is 2.19. The second-order valence-corrected chi connectivity index (χ2v) is 23.8. The molecule has 83 heavy (non-hydrogen) atoms. The van der Waals surface area contributed by atoms with E-state index in [1.807, 2.05) is 0 Å². The first-order valence-corrected chi connectivity index (χ1v) is 35.7. The number of carbonyl (C=O) groups is 3. The predicted molar refractivity (Wildman–Crippen MR) is 362 cm³/mol. The van der Waals surface area contributed by atoms with Gasteiger partial charge in [0.1, 0.15) is 13.2 Å². The van der Waals surface area contributed by atoms with Gasteiger partial charge in [-0.1, -0.05) is 330 Å². The average Bonchev–Trinajstić information content (AvgIpc) is 3.50. The first-order chi connectivity index (χ1) is 41.0. The number of rotatable bonds is 65. The number of hydrogen-bond acceptors (Lipinski definition) is 6. The fourth-order valence-corrected chi connectivity index (χ4v) is 10.2. The highest BCUT2D eigenvalue weighted by molar-refractivity contribution is 5.71. The maximum Gasteiger partial charge on any atom is 0.306 e. The molecular weight excluding hydrogens is 1020 g/mol. The van der Waals surface area contributed by atoms with Gasteiger partial charge in [-0.15, -0.1) is 0 Å². The van der Waals surface area contributed by atoms with E-state index in [1.54, 1.807) is 0 Å². The first-order valence-electron chi connectivity index (χ1n) is 35.7. The summed E-state index contributed by atoms with van der Waals surface area (Å²) >= 11 is 0. The Morgan fingerprint density at radius 1 is 0.253 bits per heavy atom. The van der Waals surface area contributed by atoms with Crippen molar-refractivity contribution in [3.8, 4) is 0 Å². The lowest BCUT2D eigenvalue weighted by Crippen LogP contribution is -2.30. The minimum absolute atomic E-state index is 0.0793. The van der Waals surface area contributed by atoms with Crippen LogP contribution in [0.25, 0.3) is 0 Å². The molecule has 0 aliphatic carbocycles. The van der Waals surface area contributed by atoms with Crippen molar-refractivity contribution in [3.05, 3.63) is 97.2 Å². The van der Waals surface area contributed by atoms with Crippen LogP contribution in [0.2, 0.25) is 0 Å². The topological polar surface area (TPSA) is 78.9 Å². The molecule has 0 amide bonds. The molecule has 0 saturated heterocycles. The Hall–Kier alpha value is -3.67. The lowest BCUT2D eigenvalue weighted by atomic mass is 10.0. The van der Waals surface area contributed by atoms with Gasteiger partial charge < -0.3 is 14.2 Å². The number of ether oxygens (including phenoxy) is 3. The standard InChI is InChI=1S/C77H134O6/c1-4-7-10-13-16-19-22-25-28-30-32-34-36-37-38-39-41-42-44-46-49-52-55-58-61-64-67-70-76(79)82-73-74(72-81-75(78)69-66-63-60-57-54-51-48-27-24-21-18-15-12-9-6-3)83-77(80)71-68-65-62-59-56-53-50-47-45-43-40-35-33-31-29-26-23-20-17-14-11-8-5-2/h8,11,17,20,22,25-26,29-30,32-33,35-37,43,45,74H,4-7,9-10,12-16,18-19,21,23-24,27-28,31,34,38-42,44,46-73H2,1-3H3/b11-8-,20-17-,25-22-,29-26-,32-30-,35-33-,37-36-,45-43-. The van der Waals surface area contributed by atoms with Gasteiger partial charge in [-0.3, -0.25) is 14.4 Å². The van der Waals surface area contributed by atoms with Gasteiger partial charge in [-0.05, 0) is 103 Å². The molecule has 0 heterocycles. The molecule has 0 saturated carbocycles. The summed E-state index contributed by atoms with van der Waals surface area (Å²) in [5, 5.41) is 0. The molecule has 6 nitrogen and oxygen atoms in total. The summed E-state index contributed by atoms with van der Waals surface area (Å²) in [6.07, 6.45) is 95.7. The van der Waals surface area contributed by atoms with E-state index in [9.17, 15) is 14.4 Å². The zero-order valence-corrected chi connectivity index (χ0v) is 54.9. The molecule has 0 rings (SSSR count). The Morgan fingerprint density at radius 3 is 0.735 bits per heavy atom. The summed E-state index contributed by atoms with van der Waals surface area (Å²) in [5.74, 6) is -0.874. The monoisotopic (exact) mass is 1160 g/mol. The molecule has 0 aromatic carbocycles. The highest BCUT2D eigenvalue weighted by Crippen LogP contribution is 2.17. The quantitative estimate of drug-likeness (QED) is 0.0261. The molecule has 0 radical (unpaired) electrons. The molecule has 478 valence electrons. The second-order valence-electron chi connectivity index (χ2n) is 23.8. The third-order valence-corrected chi connectivity index (χ3v) is 15.6. The Balaban J connectivity index is 4.34. The van der Waals surface area contributed by atoms with Crippen LogP contribution in [-0.2, 0) is 28.6 Å². The van der Waals surface area contributed by atoms with Gasteiger partial charge >= 0.3 is 17.9 Å². The van der Waals surface area contributed by atoms with Crippen molar-refractivity contribution in [2.24, 2.45) is 0 Å². The van der Waals surface area contributed by atoms with Gasteiger partial charge in [0.2, 0.25) is 0 Å². The number of hydrogen-bond donors (Lipinski definition) is 0. The van der Waals surface area contributed by atoms with E-state index < -0.39 is 6.10 Å². The molecular formula is C77H134O6. The van der Waals surface area contributed by atoms with Crippen LogP contribution < -0.4 is 0 Å². The molecule has 0 aromatic rings. The predicted octanol–water partition coefficient (Wildman–Crippen LogP) is 24.8. The van der Waals surface area contributed by atoms with Crippen molar-refractivity contribution < 1.29 is 28.6 Å². The minimum atomic E-state index is -0.786. The molecule has 0 aromatic heterocycles. The summed E-state index contributed by atoms with van der Waals surface area (Å²) in [7, 11) is 0. The van der Waals surface area contributed by atoms with Crippen LogP contribution in [0.4, 0.5) is 0 Å². The number of carbonyl (C=O) groups excluding carboxylic acids is 3. The van der Waals surface area contributed by atoms with Gasteiger partial charge in [0.05, 0.1) is 0 Å². The van der Waals surface area contributed by atoms with Gasteiger partial charge in [0, 0.05) is 19.3 Å². The van der Waals surface area contributed by atoms with E-state index in [0.717, 1.165) is 109 Å². The largest absolute Gasteiger partial charge is 0.462 e. The smallest absolute Gasteiger partial charge is 0.306 e. The SMILES string of the molecule is CC/C=C\C/C=C\C/C=C\C/C=C\C/C=C\CCCCCCCCCC(=O)OC(COC(=O)CCCCCCCCCCCCCC/C=C\C/C=C\C/C=C\CCCCCCC)COC(=O)CCCCCCCCCCCCCCCCC. The average molecular weight is 1160 g/mol. The van der Waals surface area contributed by atoms with Crippen molar-refractivity contribution >= 4 is 17.9 Å². The summed E-state index contributed by atoms with van der Waals surface area (Å²) in [5.41, 5.74) is 0. The lowest BCUT2D eigenvalue weighted by Gasteiger charge is -2.18. The maximum absolute atomic E-state index is 13.0. The van der Waals surface area contributed by atoms with Gasteiger partial charge in [-0.25, -0.2) is 0 Å². The third-order valence-electron chi connectivity index (χ3n) is 15.6. The van der Waals surface area contributed by atoms with Crippen LogP contribution in [0.3, 0.4) is 0 Å². The molecule has 0 spiro atoms. The van der Waals surface area contributed by atoms with E-state index in [-0.39, 0.29) is 31.1 Å². The van der Waals surface area contributed by atoms with E-state index in [1.165, 1.54) is 205 Å². The van der Waals surface area contributed by atoms with Crippen molar-refractivity contribution in [1.82, 2.24) is 0 Å². The molecule has 0 aliphatic heterocycles. The molecule has 0 bridgehead atoms. The van der Waals surface area contributed by atoms with E-state index in [4.69, 9.17) is 14.2 Å². The van der Waals surface area contributed by atoms with Crippen LogP contribution in [0.5, 0.6) is 0 Å². The van der Waals surface area contributed by atoms with Crippen LogP contribution in [-0.4, -0.2) is 37.2 Å². The Morgan fingerprint density at radius 2 is 0.470 bits per heavy atom. The molecule has 1 unspecified atom stereocenters. The van der Waals surface area contributed by atoms with E-state index in [0.29, 0.717) is 19.3 Å². The molecule has 1 atom stereocenters. The fraction of sp³-hybridized carbons (Fsp3) is 0.753. The van der Waals surface area contributed by atoms with Crippen molar-refractivity contribution in [2.45, 2.75) is 361 Å².